The van der Waals surface area contributed by atoms with Crippen LogP contribution in [-0.4, -0.2) is 10.4 Å². The van der Waals surface area contributed by atoms with Crippen LogP contribution >= 0.6 is 0 Å². The predicted molar refractivity (Wildman–Crippen MR) is 74.3 cm³/mol. The van der Waals surface area contributed by atoms with E-state index in [4.69, 9.17) is 0 Å². The average Bonchev–Trinajstić information content (AvgIpc) is 2.64. The fourth-order valence-corrected chi connectivity index (χ4v) is 3.02. The number of benzene rings is 1. The lowest BCUT2D eigenvalue weighted by Crippen LogP contribution is -2.11. The van der Waals surface area contributed by atoms with Crippen molar-refractivity contribution in [3.8, 4) is 0 Å². The monoisotopic (exact) mass is 241 g/mol. The topological polar surface area (TPSA) is 22.0 Å². The van der Waals surface area contributed by atoms with E-state index in [1.807, 2.05) is 0 Å². The summed E-state index contributed by atoms with van der Waals surface area (Å²) in [6, 6.07) is 6.56. The number of rotatable bonds is 1. The molecule has 1 aromatic carbocycles. The van der Waals surface area contributed by atoms with Crippen molar-refractivity contribution in [2.45, 2.75) is 39.0 Å². The van der Waals surface area contributed by atoms with Gasteiger partial charge in [0.05, 0.1) is 0 Å². The van der Waals surface area contributed by atoms with Crippen molar-refractivity contribution in [3.63, 3.8) is 0 Å². The summed E-state index contributed by atoms with van der Waals surface area (Å²) >= 11 is 0. The number of carbonyl (C=O) groups excluding carboxylic acids is 1. The SMILES string of the molecule is CC(C)c1ccc2c(c1)c1c(n2C)CCCC1=O. The van der Waals surface area contributed by atoms with Gasteiger partial charge in [-0.3, -0.25) is 4.79 Å². The van der Waals surface area contributed by atoms with Gasteiger partial charge in [0.15, 0.2) is 5.78 Å². The lowest BCUT2D eigenvalue weighted by molar-refractivity contribution is 0.0973. The molecule has 0 aliphatic heterocycles. The van der Waals surface area contributed by atoms with E-state index in [-0.39, 0.29) is 0 Å². The van der Waals surface area contributed by atoms with Gasteiger partial charge in [-0.1, -0.05) is 19.9 Å². The number of hydrogen-bond acceptors (Lipinski definition) is 1. The Bertz CT molecular complexity index is 634. The molecule has 2 aromatic rings. The fraction of sp³-hybridized carbons (Fsp3) is 0.438. The highest BCUT2D eigenvalue weighted by atomic mass is 16.1. The van der Waals surface area contributed by atoms with Crippen molar-refractivity contribution in [2.75, 3.05) is 0 Å². The first-order valence-electron chi connectivity index (χ1n) is 6.74. The molecule has 0 radical (unpaired) electrons. The van der Waals surface area contributed by atoms with Crippen molar-refractivity contribution in [1.82, 2.24) is 4.57 Å². The Morgan fingerprint density at radius 2 is 2.00 bits per heavy atom. The number of nitrogens with zero attached hydrogens (tertiary/aromatic N) is 1. The quantitative estimate of drug-likeness (QED) is 0.744. The Labute approximate surface area is 108 Å². The summed E-state index contributed by atoms with van der Waals surface area (Å²) in [5.74, 6) is 0.826. The molecule has 1 aromatic heterocycles. The maximum absolute atomic E-state index is 12.2. The summed E-state index contributed by atoms with van der Waals surface area (Å²) in [4.78, 5) is 12.2. The second kappa shape index (κ2) is 3.98. The summed E-state index contributed by atoms with van der Waals surface area (Å²) in [6.07, 6.45) is 2.73. The highest BCUT2D eigenvalue weighted by Gasteiger charge is 2.24. The third-order valence-electron chi connectivity index (χ3n) is 4.11. The number of hydrogen-bond donors (Lipinski definition) is 0. The van der Waals surface area contributed by atoms with Gasteiger partial charge in [-0.25, -0.2) is 0 Å². The molecule has 0 saturated heterocycles. The summed E-state index contributed by atoms with van der Waals surface area (Å²) < 4.78 is 2.20. The number of ketones is 1. The first kappa shape index (κ1) is 11.5. The Morgan fingerprint density at radius 3 is 2.72 bits per heavy atom. The Morgan fingerprint density at radius 1 is 1.22 bits per heavy atom. The van der Waals surface area contributed by atoms with Crippen molar-refractivity contribution >= 4 is 16.7 Å². The molecule has 94 valence electrons. The molecule has 1 heterocycles. The van der Waals surface area contributed by atoms with E-state index in [9.17, 15) is 4.79 Å². The summed E-state index contributed by atoms with van der Waals surface area (Å²) in [6.45, 7) is 4.39. The molecule has 0 amide bonds. The third kappa shape index (κ3) is 1.52. The molecule has 1 aliphatic carbocycles. The zero-order valence-corrected chi connectivity index (χ0v) is 11.3. The van der Waals surface area contributed by atoms with Crippen molar-refractivity contribution in [3.05, 3.63) is 35.0 Å². The number of aryl methyl sites for hydroxylation is 1. The number of carbonyl (C=O) groups is 1. The second-order valence-corrected chi connectivity index (χ2v) is 5.59. The Hall–Kier alpha value is -1.57. The van der Waals surface area contributed by atoms with Crippen LogP contribution in [0.25, 0.3) is 10.9 Å². The molecular weight excluding hydrogens is 222 g/mol. The van der Waals surface area contributed by atoms with Crippen LogP contribution in [0.15, 0.2) is 18.2 Å². The van der Waals surface area contributed by atoms with E-state index in [1.165, 1.54) is 16.8 Å². The molecule has 18 heavy (non-hydrogen) atoms. The van der Waals surface area contributed by atoms with E-state index >= 15 is 0 Å². The summed E-state index contributed by atoms with van der Waals surface area (Å²) in [5.41, 5.74) is 4.72. The number of Topliss-reactive ketones (excluding diaryl/α,β-unsaturated/α-hetero) is 1. The minimum absolute atomic E-state index is 0.322. The van der Waals surface area contributed by atoms with Gasteiger partial charge < -0.3 is 4.57 Å². The standard InChI is InChI=1S/C16H19NO/c1-10(2)11-7-8-13-12(9-11)16-14(17(13)3)5-4-6-15(16)18/h7-10H,4-6H2,1-3H3. The molecule has 0 saturated carbocycles. The van der Waals surface area contributed by atoms with Crippen molar-refractivity contribution < 1.29 is 4.79 Å². The highest BCUT2D eigenvalue weighted by Crippen LogP contribution is 2.33. The lowest BCUT2D eigenvalue weighted by Gasteiger charge is -2.12. The number of aromatic nitrogens is 1. The van der Waals surface area contributed by atoms with Gasteiger partial charge in [-0.2, -0.15) is 0 Å². The Balaban J connectivity index is 2.34. The molecule has 0 fully saturated rings. The van der Waals surface area contributed by atoms with Gasteiger partial charge in [-0.05, 0) is 36.5 Å². The van der Waals surface area contributed by atoms with Crippen LogP contribution in [0.2, 0.25) is 0 Å². The van der Waals surface area contributed by atoms with Crippen LogP contribution in [0.4, 0.5) is 0 Å². The average molecular weight is 241 g/mol. The van der Waals surface area contributed by atoms with E-state index in [1.54, 1.807) is 0 Å². The van der Waals surface area contributed by atoms with E-state index < -0.39 is 0 Å². The normalized spacial score (nSPS) is 15.4. The fourth-order valence-electron chi connectivity index (χ4n) is 3.02. The third-order valence-corrected chi connectivity index (χ3v) is 4.11. The number of fused-ring (bicyclic) bond motifs is 3. The van der Waals surface area contributed by atoms with Gasteiger partial charge in [0.2, 0.25) is 0 Å². The largest absolute Gasteiger partial charge is 0.347 e. The van der Waals surface area contributed by atoms with Crippen molar-refractivity contribution in [1.29, 1.82) is 0 Å². The summed E-state index contributed by atoms with van der Waals surface area (Å²) in [7, 11) is 2.08. The van der Waals surface area contributed by atoms with Crippen LogP contribution < -0.4 is 0 Å². The van der Waals surface area contributed by atoms with Crippen LogP contribution in [0, 0.1) is 0 Å². The molecule has 2 nitrogen and oxygen atoms in total. The molecule has 3 rings (SSSR count). The molecule has 0 atom stereocenters. The van der Waals surface area contributed by atoms with Gasteiger partial charge >= 0.3 is 0 Å². The second-order valence-electron chi connectivity index (χ2n) is 5.59. The van der Waals surface area contributed by atoms with Crippen LogP contribution in [0.5, 0.6) is 0 Å². The Kier molecular flexibility index (Phi) is 2.54. The molecule has 2 heteroatoms. The molecule has 1 aliphatic rings. The first-order chi connectivity index (χ1) is 8.59. The maximum Gasteiger partial charge on any atom is 0.165 e. The van der Waals surface area contributed by atoms with Gasteiger partial charge in [0, 0.05) is 35.6 Å². The smallest absolute Gasteiger partial charge is 0.165 e. The molecule has 0 bridgehead atoms. The zero-order valence-electron chi connectivity index (χ0n) is 11.3. The van der Waals surface area contributed by atoms with Crippen LogP contribution in [0.1, 0.15) is 54.2 Å². The predicted octanol–water partition coefficient (Wildman–Crippen LogP) is 3.82. The zero-order chi connectivity index (χ0) is 12.9. The van der Waals surface area contributed by atoms with Gasteiger partial charge in [0.1, 0.15) is 0 Å². The van der Waals surface area contributed by atoms with Crippen LogP contribution in [-0.2, 0) is 13.5 Å². The minimum atomic E-state index is 0.322. The molecule has 0 N–H and O–H groups in total. The maximum atomic E-state index is 12.2. The van der Waals surface area contributed by atoms with E-state index in [0.717, 1.165) is 23.8 Å². The summed E-state index contributed by atoms with van der Waals surface area (Å²) in [5, 5.41) is 1.16. The minimum Gasteiger partial charge on any atom is -0.347 e. The molecule has 0 spiro atoms. The van der Waals surface area contributed by atoms with Crippen molar-refractivity contribution in [2.24, 2.45) is 7.05 Å². The van der Waals surface area contributed by atoms with Gasteiger partial charge in [-0.15, -0.1) is 0 Å². The lowest BCUT2D eigenvalue weighted by atomic mass is 9.93. The van der Waals surface area contributed by atoms with Gasteiger partial charge in [0.25, 0.3) is 0 Å². The molecular formula is C16H19NO. The first-order valence-corrected chi connectivity index (χ1v) is 6.74. The highest BCUT2D eigenvalue weighted by molar-refractivity contribution is 6.10. The van der Waals surface area contributed by atoms with E-state index in [2.05, 4.69) is 43.7 Å². The van der Waals surface area contributed by atoms with Crippen LogP contribution in [0.3, 0.4) is 0 Å². The molecule has 0 unspecified atom stereocenters. The van der Waals surface area contributed by atoms with E-state index in [0.29, 0.717) is 18.1 Å².